The van der Waals surface area contributed by atoms with E-state index in [1.165, 1.54) is 0 Å². The van der Waals surface area contributed by atoms with Crippen LogP contribution in [0.25, 0.3) is 0 Å². The van der Waals surface area contributed by atoms with Crippen molar-refractivity contribution in [1.82, 2.24) is 10.2 Å². The first kappa shape index (κ1) is 15.3. The number of amides is 2. The third kappa shape index (κ3) is 3.15. The third-order valence-corrected chi connectivity index (χ3v) is 4.66. The second-order valence-electron chi connectivity index (χ2n) is 8.21. The number of nitrogens with one attached hydrogen (secondary N) is 1. The summed E-state index contributed by atoms with van der Waals surface area (Å²) in [4.78, 5) is 26.7. The predicted octanol–water partition coefficient (Wildman–Crippen LogP) is 2.33. The van der Waals surface area contributed by atoms with Crippen LogP contribution < -0.4 is 5.32 Å². The molecule has 1 heterocycles. The van der Waals surface area contributed by atoms with Crippen LogP contribution in [0.1, 0.15) is 60.3 Å². The number of carbonyl (C=O) groups excluding carboxylic acids is 2. The van der Waals surface area contributed by atoms with Crippen molar-refractivity contribution in [2.75, 3.05) is 6.54 Å². The van der Waals surface area contributed by atoms with Gasteiger partial charge in [0.1, 0.15) is 6.04 Å². The van der Waals surface area contributed by atoms with E-state index in [1.54, 1.807) is 0 Å². The Morgan fingerprint density at radius 2 is 1.90 bits per heavy atom. The summed E-state index contributed by atoms with van der Waals surface area (Å²) in [5.74, 6) is 0.101. The van der Waals surface area contributed by atoms with Crippen LogP contribution in [0.15, 0.2) is 0 Å². The van der Waals surface area contributed by atoms with Crippen LogP contribution in [0.3, 0.4) is 0 Å². The van der Waals surface area contributed by atoms with Gasteiger partial charge in [0.15, 0.2) is 0 Å². The molecule has 2 unspecified atom stereocenters. The monoisotopic (exact) mass is 280 g/mol. The molecule has 0 aromatic carbocycles. The van der Waals surface area contributed by atoms with Crippen LogP contribution in [-0.2, 0) is 9.59 Å². The van der Waals surface area contributed by atoms with Gasteiger partial charge in [-0.2, -0.15) is 0 Å². The summed E-state index contributed by atoms with van der Waals surface area (Å²) in [5.41, 5.74) is 0.0649. The fourth-order valence-corrected chi connectivity index (χ4v) is 3.41. The smallest absolute Gasteiger partial charge is 0.245 e. The largest absolute Gasteiger partial charge is 0.344 e. The second kappa shape index (κ2) is 5.05. The predicted molar refractivity (Wildman–Crippen MR) is 79.1 cm³/mol. The highest BCUT2D eigenvalue weighted by molar-refractivity contribution is 5.90. The Bertz CT molecular complexity index is 409. The molecule has 0 radical (unpaired) electrons. The van der Waals surface area contributed by atoms with Crippen LogP contribution in [-0.4, -0.2) is 35.3 Å². The molecule has 0 aromatic rings. The van der Waals surface area contributed by atoms with Gasteiger partial charge in [0.2, 0.25) is 11.8 Å². The van der Waals surface area contributed by atoms with Crippen molar-refractivity contribution in [1.29, 1.82) is 0 Å². The molecule has 1 saturated carbocycles. The van der Waals surface area contributed by atoms with Crippen LogP contribution in [0, 0.1) is 10.8 Å². The van der Waals surface area contributed by atoms with E-state index >= 15 is 0 Å². The Morgan fingerprint density at radius 1 is 1.25 bits per heavy atom. The van der Waals surface area contributed by atoms with E-state index in [4.69, 9.17) is 0 Å². The normalized spacial score (nSPS) is 31.1. The first-order valence-corrected chi connectivity index (χ1v) is 7.70. The first-order chi connectivity index (χ1) is 9.10. The minimum absolute atomic E-state index is 0.00182. The second-order valence-corrected chi connectivity index (χ2v) is 8.21. The summed E-state index contributed by atoms with van der Waals surface area (Å²) in [6.45, 7) is 11.1. The maximum absolute atomic E-state index is 12.8. The van der Waals surface area contributed by atoms with E-state index < -0.39 is 6.04 Å². The number of hydrogen-bond donors (Lipinski definition) is 1. The molecule has 4 nitrogen and oxygen atoms in total. The zero-order valence-electron chi connectivity index (χ0n) is 13.5. The molecule has 1 N–H and O–H groups in total. The van der Waals surface area contributed by atoms with Crippen molar-refractivity contribution in [3.63, 3.8) is 0 Å². The molecule has 20 heavy (non-hydrogen) atoms. The molecular formula is C16H28N2O2. The van der Waals surface area contributed by atoms with Crippen molar-refractivity contribution in [3.05, 3.63) is 0 Å². The molecule has 2 rings (SSSR count). The SMILES string of the molecule is CC1(C)CCC(N2CCC(=O)NC(C(C)(C)C)C2=O)C1. The molecule has 2 aliphatic rings. The third-order valence-electron chi connectivity index (χ3n) is 4.66. The highest BCUT2D eigenvalue weighted by Crippen LogP contribution is 2.40. The molecule has 2 fully saturated rings. The van der Waals surface area contributed by atoms with Gasteiger partial charge in [-0.25, -0.2) is 0 Å². The van der Waals surface area contributed by atoms with Crippen molar-refractivity contribution in [2.24, 2.45) is 10.8 Å². The fourth-order valence-electron chi connectivity index (χ4n) is 3.41. The molecule has 114 valence electrons. The fraction of sp³-hybridized carbons (Fsp3) is 0.875. The average molecular weight is 280 g/mol. The van der Waals surface area contributed by atoms with Gasteiger partial charge in [-0.3, -0.25) is 9.59 Å². The Hall–Kier alpha value is -1.06. The summed E-state index contributed by atoms with van der Waals surface area (Å²) in [6, 6.07) is -0.101. The lowest BCUT2D eigenvalue weighted by Crippen LogP contribution is -2.53. The Kier molecular flexibility index (Phi) is 3.87. The molecule has 1 aliphatic heterocycles. The highest BCUT2D eigenvalue weighted by Gasteiger charge is 2.43. The lowest BCUT2D eigenvalue weighted by molar-refractivity contribution is -0.138. The van der Waals surface area contributed by atoms with Crippen LogP contribution in [0.4, 0.5) is 0 Å². The van der Waals surface area contributed by atoms with Crippen LogP contribution in [0.5, 0.6) is 0 Å². The van der Waals surface area contributed by atoms with Gasteiger partial charge < -0.3 is 10.2 Å². The summed E-state index contributed by atoms with van der Waals surface area (Å²) < 4.78 is 0. The van der Waals surface area contributed by atoms with E-state index in [-0.39, 0.29) is 17.2 Å². The van der Waals surface area contributed by atoms with Crippen molar-refractivity contribution in [3.8, 4) is 0 Å². The van der Waals surface area contributed by atoms with Crippen LogP contribution in [0.2, 0.25) is 0 Å². The molecular weight excluding hydrogens is 252 g/mol. The van der Waals surface area contributed by atoms with Gasteiger partial charge in [0, 0.05) is 19.0 Å². The Balaban J connectivity index is 2.20. The molecule has 0 bridgehead atoms. The van der Waals surface area contributed by atoms with E-state index in [0.717, 1.165) is 19.3 Å². The maximum atomic E-state index is 12.8. The number of rotatable bonds is 1. The topological polar surface area (TPSA) is 49.4 Å². The lowest BCUT2D eigenvalue weighted by Gasteiger charge is -2.35. The average Bonchev–Trinajstić information content (AvgIpc) is 2.56. The molecule has 0 spiro atoms. The van der Waals surface area contributed by atoms with Gasteiger partial charge in [-0.15, -0.1) is 0 Å². The van der Waals surface area contributed by atoms with Crippen molar-refractivity contribution in [2.45, 2.75) is 72.4 Å². The minimum Gasteiger partial charge on any atom is -0.344 e. The van der Waals surface area contributed by atoms with E-state index in [2.05, 4.69) is 19.2 Å². The first-order valence-electron chi connectivity index (χ1n) is 7.70. The summed E-state index contributed by atoms with van der Waals surface area (Å²) >= 11 is 0. The molecule has 0 aromatic heterocycles. The van der Waals surface area contributed by atoms with Gasteiger partial charge in [0.25, 0.3) is 0 Å². The molecule has 1 aliphatic carbocycles. The quantitative estimate of drug-likeness (QED) is 0.801. The zero-order chi connectivity index (χ0) is 15.1. The van der Waals surface area contributed by atoms with Gasteiger partial charge >= 0.3 is 0 Å². The Labute approximate surface area is 122 Å². The Morgan fingerprint density at radius 3 is 2.40 bits per heavy atom. The van der Waals surface area contributed by atoms with Gasteiger partial charge in [0.05, 0.1) is 0 Å². The zero-order valence-corrected chi connectivity index (χ0v) is 13.5. The van der Waals surface area contributed by atoms with Gasteiger partial charge in [-0.05, 0) is 30.1 Å². The lowest BCUT2D eigenvalue weighted by atomic mass is 9.85. The number of nitrogens with zero attached hydrogens (tertiary/aromatic N) is 1. The van der Waals surface area contributed by atoms with E-state index in [1.807, 2.05) is 25.7 Å². The highest BCUT2D eigenvalue weighted by atomic mass is 16.2. The number of carbonyl (C=O) groups is 2. The standard InChI is InChI=1S/C16H28N2O2/c1-15(2,3)13-14(20)18(9-7-12(19)17-13)11-6-8-16(4,5)10-11/h11,13H,6-10H2,1-5H3,(H,17,19). The summed E-state index contributed by atoms with van der Waals surface area (Å²) in [6.07, 6.45) is 3.69. The van der Waals surface area contributed by atoms with Crippen LogP contribution >= 0.6 is 0 Å². The van der Waals surface area contributed by atoms with Gasteiger partial charge in [-0.1, -0.05) is 34.6 Å². The minimum atomic E-state index is -0.402. The molecule has 2 amide bonds. The summed E-state index contributed by atoms with van der Waals surface area (Å²) in [5, 5.41) is 2.91. The molecule has 2 atom stereocenters. The van der Waals surface area contributed by atoms with E-state index in [0.29, 0.717) is 24.4 Å². The molecule has 4 heteroatoms. The maximum Gasteiger partial charge on any atom is 0.245 e. The number of hydrogen-bond acceptors (Lipinski definition) is 2. The summed E-state index contributed by atoms with van der Waals surface area (Å²) in [7, 11) is 0. The van der Waals surface area contributed by atoms with Crippen molar-refractivity contribution >= 4 is 11.8 Å². The van der Waals surface area contributed by atoms with Crippen molar-refractivity contribution < 1.29 is 9.59 Å². The molecule has 1 saturated heterocycles. The van der Waals surface area contributed by atoms with E-state index in [9.17, 15) is 9.59 Å².